The predicted octanol–water partition coefficient (Wildman–Crippen LogP) is -0.125. The smallest absolute Gasteiger partial charge is 0.290 e. The van der Waals surface area contributed by atoms with Gasteiger partial charge in [0, 0.05) is 38.4 Å². The summed E-state index contributed by atoms with van der Waals surface area (Å²) in [5.41, 5.74) is -0.162. The highest BCUT2D eigenvalue weighted by Gasteiger charge is 2.21. The normalized spacial score (nSPS) is 16.9. The van der Waals surface area contributed by atoms with E-state index in [0.29, 0.717) is 5.82 Å². The third-order valence-electron chi connectivity index (χ3n) is 2.89. The highest BCUT2D eigenvalue weighted by Crippen LogP contribution is 2.14. The van der Waals surface area contributed by atoms with Gasteiger partial charge in [0.1, 0.15) is 0 Å². The van der Waals surface area contributed by atoms with Gasteiger partial charge in [-0.25, -0.2) is 4.98 Å². The summed E-state index contributed by atoms with van der Waals surface area (Å²) in [7, 11) is 0. The Labute approximate surface area is 99.1 Å². The summed E-state index contributed by atoms with van der Waals surface area (Å²) in [6.45, 7) is 3.01. The number of hydrogen-bond acceptors (Lipinski definition) is 4. The highest BCUT2D eigenvalue weighted by atomic mass is 16.1. The molecule has 1 amide bonds. The SMILES string of the molecule is CC(=O)NC1CCN(c2ncc[nH]c2=O)CC1. The van der Waals surface area contributed by atoms with Crippen molar-refractivity contribution >= 4 is 11.7 Å². The number of aromatic amines is 1. The Morgan fingerprint density at radius 1 is 1.53 bits per heavy atom. The summed E-state index contributed by atoms with van der Waals surface area (Å²) < 4.78 is 0. The first-order valence-electron chi connectivity index (χ1n) is 5.72. The van der Waals surface area contributed by atoms with Crippen molar-refractivity contribution in [3.8, 4) is 0 Å². The Morgan fingerprint density at radius 3 is 2.82 bits per heavy atom. The minimum atomic E-state index is -0.162. The van der Waals surface area contributed by atoms with Gasteiger partial charge in [-0.1, -0.05) is 0 Å². The molecular formula is C11H16N4O2. The molecule has 2 N–H and O–H groups in total. The Morgan fingerprint density at radius 2 is 2.24 bits per heavy atom. The number of nitrogens with one attached hydrogen (secondary N) is 2. The van der Waals surface area contributed by atoms with Crippen LogP contribution in [0.2, 0.25) is 0 Å². The lowest BCUT2D eigenvalue weighted by Gasteiger charge is -2.32. The van der Waals surface area contributed by atoms with Crippen LogP contribution in [0.3, 0.4) is 0 Å². The second-order valence-corrected chi connectivity index (χ2v) is 4.20. The van der Waals surface area contributed by atoms with E-state index in [1.54, 1.807) is 6.20 Å². The molecule has 0 saturated carbocycles. The zero-order chi connectivity index (χ0) is 12.3. The average Bonchev–Trinajstić information content (AvgIpc) is 2.30. The maximum Gasteiger partial charge on any atom is 0.290 e. The topological polar surface area (TPSA) is 78.1 Å². The molecule has 0 unspecified atom stereocenters. The van der Waals surface area contributed by atoms with Crippen molar-refractivity contribution in [2.24, 2.45) is 0 Å². The van der Waals surface area contributed by atoms with Crippen LogP contribution in [0.15, 0.2) is 17.2 Å². The molecule has 0 aromatic carbocycles. The standard InChI is InChI=1S/C11H16N4O2/c1-8(16)14-9-2-6-15(7-3-9)10-11(17)13-5-4-12-10/h4-5,9H,2-3,6-7H2,1H3,(H,13,17)(H,14,16). The molecule has 1 saturated heterocycles. The molecule has 0 bridgehead atoms. The maximum absolute atomic E-state index is 11.5. The van der Waals surface area contributed by atoms with E-state index >= 15 is 0 Å². The Kier molecular flexibility index (Phi) is 3.41. The van der Waals surface area contributed by atoms with E-state index in [4.69, 9.17) is 0 Å². The van der Waals surface area contributed by atoms with Crippen molar-refractivity contribution in [1.29, 1.82) is 0 Å². The summed E-state index contributed by atoms with van der Waals surface area (Å²) in [5, 5.41) is 2.90. The van der Waals surface area contributed by atoms with E-state index < -0.39 is 0 Å². The van der Waals surface area contributed by atoms with E-state index in [0.717, 1.165) is 25.9 Å². The van der Waals surface area contributed by atoms with E-state index in [1.807, 2.05) is 4.90 Å². The lowest BCUT2D eigenvalue weighted by atomic mass is 10.1. The number of aromatic nitrogens is 2. The highest BCUT2D eigenvalue weighted by molar-refractivity contribution is 5.73. The summed E-state index contributed by atoms with van der Waals surface area (Å²) in [6, 6.07) is 0.214. The molecule has 1 aliphatic rings. The number of nitrogens with zero attached hydrogens (tertiary/aromatic N) is 2. The fourth-order valence-electron chi connectivity index (χ4n) is 2.09. The van der Waals surface area contributed by atoms with Crippen LogP contribution >= 0.6 is 0 Å². The van der Waals surface area contributed by atoms with Gasteiger partial charge in [-0.3, -0.25) is 9.59 Å². The van der Waals surface area contributed by atoms with Crippen LogP contribution in [0.4, 0.5) is 5.82 Å². The molecule has 1 fully saturated rings. The van der Waals surface area contributed by atoms with Crippen molar-refractivity contribution in [3.63, 3.8) is 0 Å². The van der Waals surface area contributed by atoms with Crippen LogP contribution in [-0.2, 0) is 4.79 Å². The number of amides is 1. The van der Waals surface area contributed by atoms with Gasteiger partial charge in [0.05, 0.1) is 0 Å². The fraction of sp³-hybridized carbons (Fsp3) is 0.545. The molecule has 2 heterocycles. The average molecular weight is 236 g/mol. The number of rotatable bonds is 2. The van der Waals surface area contributed by atoms with Gasteiger partial charge in [0.15, 0.2) is 5.82 Å². The van der Waals surface area contributed by atoms with Gasteiger partial charge < -0.3 is 15.2 Å². The van der Waals surface area contributed by atoms with Crippen molar-refractivity contribution in [3.05, 3.63) is 22.7 Å². The quantitative estimate of drug-likeness (QED) is 0.750. The van der Waals surface area contributed by atoms with Crippen LogP contribution in [0.1, 0.15) is 19.8 Å². The zero-order valence-corrected chi connectivity index (χ0v) is 9.77. The Balaban J connectivity index is 1.98. The molecule has 0 radical (unpaired) electrons. The first kappa shape index (κ1) is 11.6. The van der Waals surface area contributed by atoms with Crippen molar-refractivity contribution in [1.82, 2.24) is 15.3 Å². The van der Waals surface area contributed by atoms with E-state index in [1.165, 1.54) is 13.1 Å². The van der Waals surface area contributed by atoms with Crippen LogP contribution in [0.5, 0.6) is 0 Å². The van der Waals surface area contributed by atoms with Crippen LogP contribution in [0.25, 0.3) is 0 Å². The van der Waals surface area contributed by atoms with Gasteiger partial charge in [-0.15, -0.1) is 0 Å². The number of piperidine rings is 1. The molecule has 0 aliphatic carbocycles. The Hall–Kier alpha value is -1.85. The van der Waals surface area contributed by atoms with Crippen LogP contribution in [-0.4, -0.2) is 35.0 Å². The summed E-state index contributed by atoms with van der Waals surface area (Å²) >= 11 is 0. The molecule has 1 aromatic heterocycles. The fourth-order valence-corrected chi connectivity index (χ4v) is 2.09. The number of carbonyl (C=O) groups is 1. The summed E-state index contributed by atoms with van der Waals surface area (Å²) in [5.74, 6) is 0.466. The first-order chi connectivity index (χ1) is 8.16. The largest absolute Gasteiger partial charge is 0.353 e. The third kappa shape index (κ3) is 2.83. The van der Waals surface area contributed by atoms with E-state index in [9.17, 15) is 9.59 Å². The molecule has 0 atom stereocenters. The monoisotopic (exact) mass is 236 g/mol. The molecule has 1 aromatic rings. The third-order valence-corrected chi connectivity index (χ3v) is 2.89. The zero-order valence-electron chi connectivity index (χ0n) is 9.77. The molecule has 6 heteroatoms. The second kappa shape index (κ2) is 4.99. The van der Waals surface area contributed by atoms with Gasteiger partial charge >= 0.3 is 0 Å². The number of anilines is 1. The van der Waals surface area contributed by atoms with Gasteiger partial charge in [0.2, 0.25) is 5.91 Å². The van der Waals surface area contributed by atoms with Crippen molar-refractivity contribution in [2.45, 2.75) is 25.8 Å². The summed E-state index contributed by atoms with van der Waals surface area (Å²) in [6.07, 6.45) is 4.79. The molecule has 92 valence electrons. The maximum atomic E-state index is 11.5. The lowest BCUT2D eigenvalue weighted by molar-refractivity contribution is -0.119. The predicted molar refractivity (Wildman–Crippen MR) is 63.9 cm³/mol. The van der Waals surface area contributed by atoms with E-state index in [-0.39, 0.29) is 17.5 Å². The minimum Gasteiger partial charge on any atom is -0.353 e. The lowest BCUT2D eigenvalue weighted by Crippen LogP contribution is -2.45. The van der Waals surface area contributed by atoms with Crippen molar-refractivity contribution < 1.29 is 4.79 Å². The molecule has 0 spiro atoms. The molecule has 2 rings (SSSR count). The minimum absolute atomic E-state index is 0.000802. The van der Waals surface area contributed by atoms with Crippen LogP contribution in [0, 0.1) is 0 Å². The molecule has 17 heavy (non-hydrogen) atoms. The second-order valence-electron chi connectivity index (χ2n) is 4.20. The Bertz CT molecular complexity index is 449. The van der Waals surface area contributed by atoms with Gasteiger partial charge in [-0.05, 0) is 12.8 Å². The summed E-state index contributed by atoms with van der Waals surface area (Å²) in [4.78, 5) is 31.1. The molecular weight excluding hydrogens is 220 g/mol. The molecule has 6 nitrogen and oxygen atoms in total. The van der Waals surface area contributed by atoms with Gasteiger partial charge in [-0.2, -0.15) is 0 Å². The number of H-pyrrole nitrogens is 1. The van der Waals surface area contributed by atoms with Crippen molar-refractivity contribution in [2.75, 3.05) is 18.0 Å². The van der Waals surface area contributed by atoms with Crippen LogP contribution < -0.4 is 15.8 Å². The number of hydrogen-bond donors (Lipinski definition) is 2. The molecule has 1 aliphatic heterocycles. The number of carbonyl (C=O) groups excluding carboxylic acids is 1. The first-order valence-corrected chi connectivity index (χ1v) is 5.72. The van der Waals surface area contributed by atoms with E-state index in [2.05, 4.69) is 15.3 Å². The van der Waals surface area contributed by atoms with Gasteiger partial charge in [0.25, 0.3) is 5.56 Å².